The van der Waals surface area contributed by atoms with Crippen LogP contribution in [0.5, 0.6) is 5.75 Å². The molecule has 0 radical (unpaired) electrons. The molecule has 4 heteroatoms. The van der Waals surface area contributed by atoms with Gasteiger partial charge >= 0.3 is 0 Å². The number of allylic oxidation sites excluding steroid dienone is 1. The number of benzene rings is 2. The molecule has 0 aliphatic rings. The molecule has 1 heterocycles. The van der Waals surface area contributed by atoms with E-state index < -0.39 is 0 Å². The van der Waals surface area contributed by atoms with Crippen molar-refractivity contribution in [2.45, 2.75) is 58.5 Å². The Balaban J connectivity index is 1.47. The van der Waals surface area contributed by atoms with Crippen molar-refractivity contribution in [2.75, 3.05) is 6.61 Å². The number of phenols is 1. The zero-order valence-electron chi connectivity index (χ0n) is 18.1. The molecule has 158 valence electrons. The van der Waals surface area contributed by atoms with Gasteiger partial charge in [-0.15, -0.1) is 0 Å². The van der Waals surface area contributed by atoms with Crippen molar-refractivity contribution >= 4 is 17.1 Å². The number of fused-ring (bicyclic) bond motifs is 1. The van der Waals surface area contributed by atoms with Crippen molar-refractivity contribution in [1.82, 2.24) is 9.97 Å². The Labute approximate surface area is 179 Å². The second kappa shape index (κ2) is 11.5. The molecule has 0 amide bonds. The fourth-order valence-corrected chi connectivity index (χ4v) is 3.37. The third-order valence-electron chi connectivity index (χ3n) is 5.17. The molecule has 0 aliphatic heterocycles. The molecule has 0 saturated heterocycles. The summed E-state index contributed by atoms with van der Waals surface area (Å²) in [5.41, 5.74) is 4.51. The average Bonchev–Trinajstić information content (AvgIpc) is 2.76. The Morgan fingerprint density at radius 2 is 1.87 bits per heavy atom. The van der Waals surface area contributed by atoms with Crippen LogP contribution in [0.4, 0.5) is 0 Å². The molecule has 1 atom stereocenters. The molecular formula is C26H32N2O2. The number of hydrogen-bond donors (Lipinski definition) is 1. The Morgan fingerprint density at radius 3 is 2.67 bits per heavy atom. The number of ether oxygens (including phenoxy) is 1. The molecule has 1 aromatic heterocycles. The Bertz CT molecular complexity index is 951. The van der Waals surface area contributed by atoms with E-state index in [1.165, 1.54) is 24.8 Å². The molecule has 3 rings (SSSR count). The molecule has 0 bridgehead atoms. The SMILES string of the molecule is CCCCCOC(C)CCC/C=C/c1ccc(-c2cnc3cc(O)ccc3n2)cc1. The zero-order chi connectivity index (χ0) is 21.2. The van der Waals surface area contributed by atoms with E-state index in [4.69, 9.17) is 4.74 Å². The van der Waals surface area contributed by atoms with Gasteiger partial charge in [-0.05, 0) is 50.3 Å². The summed E-state index contributed by atoms with van der Waals surface area (Å²) >= 11 is 0. The molecular weight excluding hydrogens is 372 g/mol. The van der Waals surface area contributed by atoms with E-state index in [-0.39, 0.29) is 5.75 Å². The van der Waals surface area contributed by atoms with Crippen LogP contribution in [-0.2, 0) is 4.74 Å². The van der Waals surface area contributed by atoms with Gasteiger partial charge in [0.25, 0.3) is 0 Å². The van der Waals surface area contributed by atoms with Crippen LogP contribution in [0.1, 0.15) is 57.9 Å². The van der Waals surface area contributed by atoms with Crippen LogP contribution in [0.2, 0.25) is 0 Å². The first-order chi connectivity index (χ1) is 14.7. The molecule has 4 nitrogen and oxygen atoms in total. The van der Waals surface area contributed by atoms with Crippen molar-refractivity contribution < 1.29 is 9.84 Å². The quantitative estimate of drug-likeness (QED) is 0.358. The summed E-state index contributed by atoms with van der Waals surface area (Å²) < 4.78 is 5.85. The molecule has 0 fully saturated rings. The van der Waals surface area contributed by atoms with Gasteiger partial charge in [0.1, 0.15) is 5.75 Å². The minimum absolute atomic E-state index is 0.203. The second-order valence-electron chi connectivity index (χ2n) is 7.77. The van der Waals surface area contributed by atoms with Crippen molar-refractivity contribution in [1.29, 1.82) is 0 Å². The highest BCUT2D eigenvalue weighted by molar-refractivity contribution is 5.78. The fraction of sp³-hybridized carbons (Fsp3) is 0.385. The minimum atomic E-state index is 0.203. The largest absolute Gasteiger partial charge is 0.508 e. The van der Waals surface area contributed by atoms with Crippen LogP contribution < -0.4 is 0 Å². The lowest BCUT2D eigenvalue weighted by atomic mass is 10.1. The number of hydrogen-bond acceptors (Lipinski definition) is 4. The topological polar surface area (TPSA) is 55.2 Å². The highest BCUT2D eigenvalue weighted by atomic mass is 16.5. The van der Waals surface area contributed by atoms with E-state index >= 15 is 0 Å². The maximum absolute atomic E-state index is 9.55. The number of nitrogens with zero attached hydrogens (tertiary/aromatic N) is 2. The molecule has 0 spiro atoms. The normalized spacial score (nSPS) is 12.6. The average molecular weight is 405 g/mol. The van der Waals surface area contributed by atoms with Crippen molar-refractivity contribution in [3.8, 4) is 17.0 Å². The highest BCUT2D eigenvalue weighted by Crippen LogP contribution is 2.22. The lowest BCUT2D eigenvalue weighted by Crippen LogP contribution is -2.08. The van der Waals surface area contributed by atoms with Gasteiger partial charge in [-0.25, -0.2) is 4.98 Å². The van der Waals surface area contributed by atoms with E-state index in [1.54, 1.807) is 24.4 Å². The van der Waals surface area contributed by atoms with Crippen LogP contribution >= 0.6 is 0 Å². The number of rotatable bonds is 11. The number of unbranched alkanes of at least 4 members (excludes halogenated alkanes) is 3. The van der Waals surface area contributed by atoms with E-state index in [0.29, 0.717) is 11.6 Å². The van der Waals surface area contributed by atoms with Crippen molar-refractivity contribution in [3.63, 3.8) is 0 Å². The molecule has 0 saturated carbocycles. The molecule has 3 aromatic rings. The standard InChI is InChI=1S/C26H32N2O2/c1-3-4-8-17-30-20(2)9-6-5-7-10-21-11-13-22(14-12-21)26-19-27-25-18-23(29)15-16-24(25)28-26/h7,10-16,18-20,29H,3-6,8-9,17H2,1-2H3/b10-7+. The van der Waals surface area contributed by atoms with Gasteiger partial charge in [0.15, 0.2) is 0 Å². The van der Waals surface area contributed by atoms with Crippen LogP contribution in [-0.4, -0.2) is 27.8 Å². The first-order valence-corrected chi connectivity index (χ1v) is 11.0. The van der Waals surface area contributed by atoms with Gasteiger partial charge in [0, 0.05) is 18.2 Å². The lowest BCUT2D eigenvalue weighted by Gasteiger charge is -2.12. The van der Waals surface area contributed by atoms with Gasteiger partial charge in [0.05, 0.1) is 29.0 Å². The maximum atomic E-state index is 9.55. The summed E-state index contributed by atoms with van der Waals surface area (Å²) in [6.07, 6.45) is 13.5. The summed E-state index contributed by atoms with van der Waals surface area (Å²) in [5.74, 6) is 0.203. The lowest BCUT2D eigenvalue weighted by molar-refractivity contribution is 0.0566. The predicted molar refractivity (Wildman–Crippen MR) is 124 cm³/mol. The first kappa shape index (κ1) is 22.0. The third-order valence-corrected chi connectivity index (χ3v) is 5.17. The first-order valence-electron chi connectivity index (χ1n) is 11.0. The highest BCUT2D eigenvalue weighted by Gasteiger charge is 2.04. The maximum Gasteiger partial charge on any atom is 0.117 e. The molecule has 30 heavy (non-hydrogen) atoms. The monoisotopic (exact) mass is 404 g/mol. The Morgan fingerprint density at radius 1 is 1.03 bits per heavy atom. The van der Waals surface area contributed by atoms with Gasteiger partial charge in [-0.3, -0.25) is 4.98 Å². The van der Waals surface area contributed by atoms with Crippen LogP contribution in [0, 0.1) is 0 Å². The summed E-state index contributed by atoms with van der Waals surface area (Å²) in [4.78, 5) is 9.05. The molecule has 0 aliphatic carbocycles. The van der Waals surface area contributed by atoms with E-state index in [0.717, 1.165) is 42.6 Å². The smallest absolute Gasteiger partial charge is 0.117 e. The minimum Gasteiger partial charge on any atom is -0.508 e. The Kier molecular flexibility index (Phi) is 8.40. The van der Waals surface area contributed by atoms with Gasteiger partial charge in [-0.2, -0.15) is 0 Å². The summed E-state index contributed by atoms with van der Waals surface area (Å²) in [6, 6.07) is 13.4. The van der Waals surface area contributed by atoms with Crippen LogP contribution in [0.15, 0.2) is 54.7 Å². The van der Waals surface area contributed by atoms with Crippen LogP contribution in [0.3, 0.4) is 0 Å². The number of aromatic hydroxyl groups is 1. The van der Waals surface area contributed by atoms with Gasteiger partial charge < -0.3 is 9.84 Å². The zero-order valence-corrected chi connectivity index (χ0v) is 18.1. The van der Waals surface area contributed by atoms with E-state index in [9.17, 15) is 5.11 Å². The van der Waals surface area contributed by atoms with Gasteiger partial charge in [0.2, 0.25) is 0 Å². The van der Waals surface area contributed by atoms with Crippen molar-refractivity contribution in [2.24, 2.45) is 0 Å². The summed E-state index contributed by atoms with van der Waals surface area (Å²) in [6.45, 7) is 5.28. The molecule has 1 N–H and O–H groups in total. The fourth-order valence-electron chi connectivity index (χ4n) is 3.37. The summed E-state index contributed by atoms with van der Waals surface area (Å²) in [5, 5.41) is 9.55. The van der Waals surface area contributed by atoms with E-state index in [1.807, 2.05) is 0 Å². The summed E-state index contributed by atoms with van der Waals surface area (Å²) in [7, 11) is 0. The number of phenolic OH excluding ortho intramolecular Hbond substituents is 1. The Hall–Kier alpha value is -2.72. The third kappa shape index (κ3) is 6.67. The van der Waals surface area contributed by atoms with E-state index in [2.05, 4.69) is 60.2 Å². The molecule has 1 unspecified atom stereocenters. The van der Waals surface area contributed by atoms with Crippen LogP contribution in [0.25, 0.3) is 28.4 Å². The number of aromatic nitrogens is 2. The van der Waals surface area contributed by atoms with Gasteiger partial charge in [-0.1, -0.05) is 56.2 Å². The predicted octanol–water partition coefficient (Wildman–Crippen LogP) is 6.78. The molecule has 2 aromatic carbocycles. The second-order valence-corrected chi connectivity index (χ2v) is 7.77. The van der Waals surface area contributed by atoms with Crippen molar-refractivity contribution in [3.05, 3.63) is 60.3 Å².